The van der Waals surface area contributed by atoms with E-state index in [1.54, 1.807) is 6.92 Å². The molecule has 0 aliphatic heterocycles. The summed E-state index contributed by atoms with van der Waals surface area (Å²) in [5.74, 6) is 3.64. The Balaban J connectivity index is 1.50. The van der Waals surface area contributed by atoms with E-state index in [2.05, 4.69) is 55.0 Å². The summed E-state index contributed by atoms with van der Waals surface area (Å²) >= 11 is 0. The van der Waals surface area contributed by atoms with Gasteiger partial charge in [0.05, 0.1) is 0 Å². The molecule has 0 aromatic carbocycles. The van der Waals surface area contributed by atoms with E-state index < -0.39 is 0 Å². The van der Waals surface area contributed by atoms with Crippen LogP contribution >= 0.6 is 0 Å². The van der Waals surface area contributed by atoms with Crippen molar-refractivity contribution in [3.63, 3.8) is 0 Å². The van der Waals surface area contributed by atoms with Crippen molar-refractivity contribution in [2.75, 3.05) is 0 Å². The number of hydrogen-bond donors (Lipinski definition) is 0. The van der Waals surface area contributed by atoms with Crippen molar-refractivity contribution in [2.24, 2.45) is 56.7 Å². The zero-order valence-electron chi connectivity index (χ0n) is 23.6. The predicted octanol–water partition coefficient (Wildman–Crippen LogP) is 8.60. The van der Waals surface area contributed by atoms with Crippen LogP contribution in [0, 0.1) is 56.7 Å². The van der Waals surface area contributed by atoms with Crippen LogP contribution in [0.3, 0.4) is 0 Å². The van der Waals surface area contributed by atoms with Crippen molar-refractivity contribution < 1.29 is 9.53 Å². The highest BCUT2D eigenvalue weighted by Crippen LogP contribution is 2.77. The van der Waals surface area contributed by atoms with Gasteiger partial charge in [0.2, 0.25) is 0 Å². The number of esters is 1. The van der Waals surface area contributed by atoms with Crippen LogP contribution in [0.5, 0.6) is 0 Å². The van der Waals surface area contributed by atoms with E-state index in [4.69, 9.17) is 4.74 Å². The SMILES string of the molecule is C=C1CC[C@]2(C)CC[C@]3(C)[C@H](CC[C@@H]4[C@@]5(C)CC[C@H](OC(C)=O)C(C)(C)[C@@H]5CC[C@]43C)[C@@H]2[C@@H]1C. The molecule has 5 fully saturated rings. The Kier molecular flexibility index (Phi) is 5.57. The van der Waals surface area contributed by atoms with Crippen LogP contribution in [0.4, 0.5) is 0 Å². The Hall–Kier alpha value is -0.790. The van der Waals surface area contributed by atoms with Crippen LogP contribution in [-0.2, 0) is 9.53 Å². The van der Waals surface area contributed by atoms with E-state index in [-0.39, 0.29) is 17.5 Å². The Morgan fingerprint density at radius 1 is 0.853 bits per heavy atom. The smallest absolute Gasteiger partial charge is 0.302 e. The second-order valence-electron chi connectivity index (χ2n) is 15.3. The van der Waals surface area contributed by atoms with Crippen LogP contribution in [0.2, 0.25) is 0 Å². The summed E-state index contributed by atoms with van der Waals surface area (Å²) in [7, 11) is 0. The number of carbonyl (C=O) groups is 1. The molecule has 0 bridgehead atoms. The van der Waals surface area contributed by atoms with Gasteiger partial charge in [-0.25, -0.2) is 0 Å². The van der Waals surface area contributed by atoms with Crippen LogP contribution in [0.1, 0.15) is 120 Å². The molecular weight excluding hydrogens is 416 g/mol. The third kappa shape index (κ3) is 3.08. The molecule has 0 radical (unpaired) electrons. The minimum absolute atomic E-state index is 0.0541. The predicted molar refractivity (Wildman–Crippen MR) is 140 cm³/mol. The third-order valence-electron chi connectivity index (χ3n) is 13.8. The van der Waals surface area contributed by atoms with Gasteiger partial charge in [0.25, 0.3) is 0 Å². The summed E-state index contributed by atoms with van der Waals surface area (Å²) in [4.78, 5) is 11.9. The topological polar surface area (TPSA) is 26.3 Å². The number of carbonyl (C=O) groups excluding carboxylic acids is 1. The van der Waals surface area contributed by atoms with Gasteiger partial charge in [-0.15, -0.1) is 0 Å². The van der Waals surface area contributed by atoms with Gasteiger partial charge in [-0.1, -0.05) is 60.6 Å². The van der Waals surface area contributed by atoms with Crippen LogP contribution in [0.15, 0.2) is 12.2 Å². The van der Waals surface area contributed by atoms with Crippen LogP contribution in [0.25, 0.3) is 0 Å². The minimum Gasteiger partial charge on any atom is -0.462 e. The molecule has 5 saturated carbocycles. The number of ether oxygens (including phenoxy) is 1. The van der Waals surface area contributed by atoms with Crippen LogP contribution < -0.4 is 0 Å². The molecule has 0 spiro atoms. The van der Waals surface area contributed by atoms with E-state index in [9.17, 15) is 4.79 Å². The molecule has 34 heavy (non-hydrogen) atoms. The largest absolute Gasteiger partial charge is 0.462 e. The van der Waals surface area contributed by atoms with Crippen molar-refractivity contribution in [1.82, 2.24) is 0 Å². The monoisotopic (exact) mass is 468 g/mol. The molecule has 0 N–H and O–H groups in total. The number of rotatable bonds is 1. The van der Waals surface area contributed by atoms with E-state index in [1.807, 2.05) is 0 Å². The summed E-state index contributed by atoms with van der Waals surface area (Å²) in [5.41, 5.74) is 3.28. The normalized spacial score (nSPS) is 54.2. The first-order chi connectivity index (χ1) is 15.7. The number of hydrogen-bond acceptors (Lipinski definition) is 2. The van der Waals surface area contributed by atoms with Crippen molar-refractivity contribution in [3.05, 3.63) is 12.2 Å². The Morgan fingerprint density at radius 2 is 1.56 bits per heavy atom. The molecule has 2 heteroatoms. The first kappa shape index (κ1) is 24.9. The van der Waals surface area contributed by atoms with Crippen LogP contribution in [-0.4, -0.2) is 12.1 Å². The van der Waals surface area contributed by atoms with E-state index >= 15 is 0 Å². The van der Waals surface area contributed by atoms with Gasteiger partial charge in [0.15, 0.2) is 0 Å². The highest BCUT2D eigenvalue weighted by atomic mass is 16.5. The summed E-state index contributed by atoms with van der Waals surface area (Å²) in [5, 5.41) is 0. The molecule has 0 aromatic heterocycles. The maximum atomic E-state index is 11.9. The molecule has 5 rings (SSSR count). The molecule has 0 amide bonds. The summed E-state index contributed by atoms with van der Waals surface area (Å²) in [6.45, 7) is 24.2. The quantitative estimate of drug-likeness (QED) is 0.284. The van der Waals surface area contributed by atoms with Gasteiger partial charge in [0.1, 0.15) is 6.10 Å². The zero-order valence-corrected chi connectivity index (χ0v) is 23.6. The maximum absolute atomic E-state index is 11.9. The van der Waals surface area contributed by atoms with Gasteiger partial charge >= 0.3 is 5.97 Å². The molecule has 192 valence electrons. The lowest BCUT2D eigenvalue weighted by Gasteiger charge is -2.73. The lowest BCUT2D eigenvalue weighted by Crippen LogP contribution is -2.67. The molecule has 0 aromatic rings. The van der Waals surface area contributed by atoms with Crippen molar-refractivity contribution in [3.8, 4) is 0 Å². The zero-order chi connectivity index (χ0) is 24.9. The van der Waals surface area contributed by atoms with E-state index in [0.717, 1.165) is 24.2 Å². The highest BCUT2D eigenvalue weighted by Gasteiger charge is 2.70. The van der Waals surface area contributed by atoms with E-state index in [0.29, 0.717) is 33.5 Å². The first-order valence-corrected chi connectivity index (χ1v) is 14.6. The molecular formula is C32H52O2. The van der Waals surface area contributed by atoms with Gasteiger partial charge in [0, 0.05) is 12.3 Å². The minimum atomic E-state index is -0.108. The molecule has 5 aliphatic rings. The third-order valence-corrected chi connectivity index (χ3v) is 13.8. The average molecular weight is 469 g/mol. The van der Waals surface area contributed by atoms with Gasteiger partial charge in [-0.2, -0.15) is 0 Å². The molecule has 10 atom stereocenters. The molecule has 2 nitrogen and oxygen atoms in total. The average Bonchev–Trinajstić information content (AvgIpc) is 2.74. The first-order valence-electron chi connectivity index (χ1n) is 14.6. The standard InChI is InChI=1S/C32H52O2/c1-20-12-15-29(6)18-19-31(8)23(27(29)21(20)2)10-11-25-30(7)16-14-26(34-22(3)33)28(4,5)24(30)13-17-32(25,31)9/h21,23-27H,1,10-19H2,2-9H3/t21-,23-,24+,25-,26+,27+,29-,30+,31-,32-/m1/s1. The highest BCUT2D eigenvalue weighted by molar-refractivity contribution is 5.66. The number of allylic oxidation sites excluding steroid dienone is 1. The van der Waals surface area contributed by atoms with Gasteiger partial charge in [-0.3, -0.25) is 4.79 Å². The second kappa shape index (κ2) is 7.61. The lowest BCUT2D eigenvalue weighted by molar-refractivity contribution is -0.253. The molecule has 0 heterocycles. The second-order valence-corrected chi connectivity index (χ2v) is 15.3. The summed E-state index contributed by atoms with van der Waals surface area (Å²) in [6, 6.07) is 0. The summed E-state index contributed by atoms with van der Waals surface area (Å²) in [6.07, 6.45) is 13.2. The van der Waals surface area contributed by atoms with Gasteiger partial charge in [-0.05, 0) is 115 Å². The Labute approximate surface area is 210 Å². The van der Waals surface area contributed by atoms with Gasteiger partial charge < -0.3 is 4.74 Å². The van der Waals surface area contributed by atoms with E-state index in [1.165, 1.54) is 63.4 Å². The number of fused-ring (bicyclic) bond motifs is 7. The fraction of sp³-hybridized carbons (Fsp3) is 0.906. The Bertz CT molecular complexity index is 872. The van der Waals surface area contributed by atoms with Crippen molar-refractivity contribution in [1.29, 1.82) is 0 Å². The van der Waals surface area contributed by atoms with Crippen molar-refractivity contribution >= 4 is 5.97 Å². The molecule has 0 saturated heterocycles. The lowest BCUT2D eigenvalue weighted by atomic mass is 9.31. The maximum Gasteiger partial charge on any atom is 0.302 e. The molecule has 0 unspecified atom stereocenters. The fourth-order valence-corrected chi connectivity index (χ4v) is 11.8. The van der Waals surface area contributed by atoms with Crippen molar-refractivity contribution in [2.45, 2.75) is 126 Å². The Morgan fingerprint density at radius 3 is 2.24 bits per heavy atom. The molecule has 5 aliphatic carbocycles. The fourth-order valence-electron chi connectivity index (χ4n) is 11.8. The summed E-state index contributed by atoms with van der Waals surface area (Å²) < 4.78 is 5.91.